The van der Waals surface area contributed by atoms with E-state index < -0.39 is 0 Å². The SMILES string of the molecule is C=C[C@@]12CCC[C@@H](C#N)[C@@H]1C(=O)CC2. The van der Waals surface area contributed by atoms with Crippen molar-refractivity contribution in [3.8, 4) is 6.07 Å². The van der Waals surface area contributed by atoms with Crippen molar-refractivity contribution in [2.24, 2.45) is 17.3 Å². The summed E-state index contributed by atoms with van der Waals surface area (Å²) in [6, 6.07) is 2.30. The summed E-state index contributed by atoms with van der Waals surface area (Å²) in [5.41, 5.74) is -0.0320. The van der Waals surface area contributed by atoms with Gasteiger partial charge in [0.05, 0.1) is 12.0 Å². The summed E-state index contributed by atoms with van der Waals surface area (Å²) in [4.78, 5) is 11.7. The molecular weight excluding hydrogens is 174 g/mol. The summed E-state index contributed by atoms with van der Waals surface area (Å²) >= 11 is 0. The van der Waals surface area contributed by atoms with Crippen molar-refractivity contribution in [1.29, 1.82) is 5.26 Å². The Labute approximate surface area is 84.6 Å². The molecule has 2 aliphatic rings. The van der Waals surface area contributed by atoms with E-state index in [0.717, 1.165) is 25.7 Å². The van der Waals surface area contributed by atoms with Crippen LogP contribution in [0.4, 0.5) is 0 Å². The lowest BCUT2D eigenvalue weighted by Crippen LogP contribution is -2.36. The van der Waals surface area contributed by atoms with Crippen molar-refractivity contribution in [2.45, 2.75) is 32.1 Å². The van der Waals surface area contributed by atoms with Crippen LogP contribution in [0, 0.1) is 28.6 Å². The molecule has 0 spiro atoms. The first-order chi connectivity index (χ1) is 6.73. The number of allylic oxidation sites excluding steroid dienone is 1. The topological polar surface area (TPSA) is 40.9 Å². The van der Waals surface area contributed by atoms with Gasteiger partial charge < -0.3 is 0 Å². The highest BCUT2D eigenvalue weighted by atomic mass is 16.1. The second kappa shape index (κ2) is 3.24. The van der Waals surface area contributed by atoms with Crippen LogP contribution in [-0.2, 0) is 4.79 Å². The van der Waals surface area contributed by atoms with Crippen molar-refractivity contribution >= 4 is 5.78 Å². The van der Waals surface area contributed by atoms with Crippen LogP contribution >= 0.6 is 0 Å². The largest absolute Gasteiger partial charge is 0.299 e. The van der Waals surface area contributed by atoms with E-state index in [9.17, 15) is 4.79 Å². The Morgan fingerprint density at radius 1 is 1.57 bits per heavy atom. The monoisotopic (exact) mass is 189 g/mol. The molecule has 2 fully saturated rings. The van der Waals surface area contributed by atoms with Crippen molar-refractivity contribution in [2.75, 3.05) is 0 Å². The number of nitriles is 1. The average Bonchev–Trinajstić information content (AvgIpc) is 2.57. The first-order valence-corrected chi connectivity index (χ1v) is 5.29. The Hall–Kier alpha value is -1.10. The zero-order chi connectivity index (χ0) is 10.2. The normalized spacial score (nSPS) is 41.5. The molecule has 2 saturated carbocycles. The van der Waals surface area contributed by atoms with E-state index in [4.69, 9.17) is 5.26 Å². The fourth-order valence-electron chi connectivity index (χ4n) is 3.18. The Balaban J connectivity index is 2.36. The van der Waals surface area contributed by atoms with E-state index in [0.29, 0.717) is 6.42 Å². The van der Waals surface area contributed by atoms with Crippen LogP contribution in [-0.4, -0.2) is 5.78 Å². The molecule has 0 aromatic carbocycles. The van der Waals surface area contributed by atoms with Gasteiger partial charge in [0.1, 0.15) is 5.78 Å². The fraction of sp³-hybridized carbons (Fsp3) is 0.667. The maximum absolute atomic E-state index is 11.7. The first-order valence-electron chi connectivity index (χ1n) is 5.29. The van der Waals surface area contributed by atoms with E-state index in [-0.39, 0.29) is 23.0 Å². The number of hydrogen-bond donors (Lipinski definition) is 0. The van der Waals surface area contributed by atoms with Crippen molar-refractivity contribution in [1.82, 2.24) is 0 Å². The van der Waals surface area contributed by atoms with Crippen LogP contribution in [0.15, 0.2) is 12.7 Å². The van der Waals surface area contributed by atoms with Gasteiger partial charge in [0.15, 0.2) is 0 Å². The van der Waals surface area contributed by atoms with Crippen molar-refractivity contribution < 1.29 is 4.79 Å². The highest BCUT2D eigenvalue weighted by Crippen LogP contribution is 2.53. The third-order valence-corrected chi connectivity index (χ3v) is 3.94. The quantitative estimate of drug-likeness (QED) is 0.594. The molecular formula is C12H15NO. The molecule has 0 heterocycles. The molecule has 74 valence electrons. The summed E-state index contributed by atoms with van der Waals surface area (Å²) in [5.74, 6) is 0.187. The van der Waals surface area contributed by atoms with Crippen LogP contribution in [0.2, 0.25) is 0 Å². The Morgan fingerprint density at radius 3 is 3.00 bits per heavy atom. The zero-order valence-electron chi connectivity index (χ0n) is 8.33. The summed E-state index contributed by atoms with van der Waals surface area (Å²) in [6.07, 6.45) is 6.50. The summed E-state index contributed by atoms with van der Waals surface area (Å²) < 4.78 is 0. The molecule has 0 N–H and O–H groups in total. The number of fused-ring (bicyclic) bond motifs is 1. The molecule has 0 aromatic rings. The molecule has 0 unspecified atom stereocenters. The third-order valence-electron chi connectivity index (χ3n) is 3.94. The van der Waals surface area contributed by atoms with E-state index >= 15 is 0 Å². The van der Waals surface area contributed by atoms with Gasteiger partial charge in [-0.05, 0) is 24.7 Å². The van der Waals surface area contributed by atoms with Gasteiger partial charge in [-0.1, -0.05) is 12.5 Å². The van der Waals surface area contributed by atoms with E-state index in [2.05, 4.69) is 12.6 Å². The number of carbonyl (C=O) groups is 1. The van der Waals surface area contributed by atoms with Gasteiger partial charge in [-0.3, -0.25) is 4.79 Å². The number of hydrogen-bond acceptors (Lipinski definition) is 2. The zero-order valence-corrected chi connectivity index (χ0v) is 8.33. The van der Waals surface area contributed by atoms with Gasteiger partial charge in [0, 0.05) is 12.3 Å². The van der Waals surface area contributed by atoms with Gasteiger partial charge in [0.25, 0.3) is 0 Å². The lowest BCUT2D eigenvalue weighted by atomic mass is 9.63. The molecule has 2 aliphatic carbocycles. The minimum absolute atomic E-state index is 0.0320. The molecule has 2 nitrogen and oxygen atoms in total. The van der Waals surface area contributed by atoms with Gasteiger partial charge in [-0.2, -0.15) is 5.26 Å². The average molecular weight is 189 g/mol. The standard InChI is InChI=1S/C12H15NO/c1-2-12-6-3-4-9(8-13)11(12)10(14)5-7-12/h2,9,11H,1,3-7H2/t9-,11+,12-/m0/s1. The molecule has 0 saturated heterocycles. The number of rotatable bonds is 1. The second-order valence-electron chi connectivity index (χ2n) is 4.51. The molecule has 0 bridgehead atoms. The number of carbonyl (C=O) groups excluding carboxylic acids is 1. The lowest BCUT2D eigenvalue weighted by Gasteiger charge is -2.38. The summed E-state index contributed by atoms with van der Waals surface area (Å²) in [5, 5.41) is 9.03. The van der Waals surface area contributed by atoms with Gasteiger partial charge >= 0.3 is 0 Å². The van der Waals surface area contributed by atoms with E-state index in [1.165, 1.54) is 0 Å². The van der Waals surface area contributed by atoms with Crippen LogP contribution in [0.25, 0.3) is 0 Å². The van der Waals surface area contributed by atoms with Crippen molar-refractivity contribution in [3.63, 3.8) is 0 Å². The predicted octanol–water partition coefficient (Wildman–Crippen LogP) is 2.46. The first kappa shape index (κ1) is 9.45. The molecule has 0 radical (unpaired) electrons. The van der Waals surface area contributed by atoms with Crippen LogP contribution in [0.5, 0.6) is 0 Å². The molecule has 2 heteroatoms. The minimum Gasteiger partial charge on any atom is -0.299 e. The smallest absolute Gasteiger partial charge is 0.138 e. The fourth-order valence-corrected chi connectivity index (χ4v) is 3.18. The van der Waals surface area contributed by atoms with Crippen molar-refractivity contribution in [3.05, 3.63) is 12.7 Å². The Bertz CT molecular complexity index is 315. The molecule has 14 heavy (non-hydrogen) atoms. The highest BCUT2D eigenvalue weighted by Gasteiger charge is 2.51. The molecule has 3 atom stereocenters. The highest BCUT2D eigenvalue weighted by molar-refractivity contribution is 5.85. The van der Waals surface area contributed by atoms with Crippen LogP contribution < -0.4 is 0 Å². The lowest BCUT2D eigenvalue weighted by molar-refractivity contribution is -0.123. The minimum atomic E-state index is -0.0586. The molecule has 0 aliphatic heterocycles. The summed E-state index contributed by atoms with van der Waals surface area (Å²) in [6.45, 7) is 3.86. The number of nitrogens with zero attached hydrogens (tertiary/aromatic N) is 1. The molecule has 0 amide bonds. The van der Waals surface area contributed by atoms with Gasteiger partial charge in [-0.25, -0.2) is 0 Å². The molecule has 2 rings (SSSR count). The van der Waals surface area contributed by atoms with Crippen LogP contribution in [0.1, 0.15) is 32.1 Å². The Morgan fingerprint density at radius 2 is 2.36 bits per heavy atom. The maximum atomic E-state index is 11.7. The summed E-state index contributed by atoms with van der Waals surface area (Å²) in [7, 11) is 0. The predicted molar refractivity (Wildman–Crippen MR) is 53.3 cm³/mol. The van der Waals surface area contributed by atoms with E-state index in [1.807, 2.05) is 6.08 Å². The Kier molecular flexibility index (Phi) is 2.19. The third kappa shape index (κ3) is 1.12. The van der Waals surface area contributed by atoms with E-state index in [1.54, 1.807) is 0 Å². The second-order valence-corrected chi connectivity index (χ2v) is 4.51. The molecule has 0 aromatic heterocycles. The van der Waals surface area contributed by atoms with Gasteiger partial charge in [0.2, 0.25) is 0 Å². The maximum Gasteiger partial charge on any atom is 0.138 e. The number of ketones is 1. The number of Topliss-reactive ketones (excluding diaryl/α,β-unsaturated/α-hetero) is 1. The van der Waals surface area contributed by atoms with Gasteiger partial charge in [-0.15, -0.1) is 6.58 Å². The van der Waals surface area contributed by atoms with Crippen LogP contribution in [0.3, 0.4) is 0 Å².